The molecule has 2 rings (SSSR count). The predicted octanol–water partition coefficient (Wildman–Crippen LogP) is 0.961. The molecule has 6 nitrogen and oxygen atoms in total. The largest absolute Gasteiger partial charge is 0.365 e. The molecular weight excluding hydrogens is 214 g/mol. The van der Waals surface area contributed by atoms with Gasteiger partial charge in [0.15, 0.2) is 5.65 Å². The Balaban J connectivity index is 0.00000112. The summed E-state index contributed by atoms with van der Waals surface area (Å²) in [6, 6.07) is 1.74. The molecular formula is C8H11N5OS. The van der Waals surface area contributed by atoms with Gasteiger partial charge in [0, 0.05) is 11.9 Å². The maximum Gasteiger partial charge on any atom is 0.254 e. The lowest BCUT2D eigenvalue weighted by atomic mass is 10.3. The van der Waals surface area contributed by atoms with E-state index in [9.17, 15) is 4.79 Å². The van der Waals surface area contributed by atoms with Crippen LogP contribution in [0.15, 0.2) is 12.3 Å². The number of primary amides is 1. The van der Waals surface area contributed by atoms with Gasteiger partial charge in [-0.15, -0.1) is 0 Å². The molecule has 0 saturated carbocycles. The van der Waals surface area contributed by atoms with E-state index in [0.29, 0.717) is 15.9 Å². The third kappa shape index (κ3) is 1.74. The number of nitrogens with zero attached hydrogens (tertiary/aromatic N) is 2. The highest BCUT2D eigenvalue weighted by Gasteiger charge is 2.10. The standard InChI is InChI=1S/C8H8N4OS.H3N/c1-4-2-6(14)12-8(11-4)5(3-10-12)7(9)13;/h2-3,10H,1H3,(H2,9,13);1H3. The lowest BCUT2D eigenvalue weighted by Crippen LogP contribution is -2.11. The number of aryl methyl sites for hydroxylation is 1. The monoisotopic (exact) mass is 225 g/mol. The zero-order chi connectivity index (χ0) is 10.3. The van der Waals surface area contributed by atoms with Crippen molar-refractivity contribution in [1.82, 2.24) is 20.7 Å². The average molecular weight is 225 g/mol. The molecule has 0 spiro atoms. The van der Waals surface area contributed by atoms with E-state index in [1.165, 1.54) is 6.20 Å². The van der Waals surface area contributed by atoms with E-state index in [2.05, 4.69) is 10.1 Å². The van der Waals surface area contributed by atoms with E-state index in [-0.39, 0.29) is 6.15 Å². The highest BCUT2D eigenvalue weighted by molar-refractivity contribution is 7.71. The number of carbonyl (C=O) groups excluding carboxylic acids is 1. The van der Waals surface area contributed by atoms with Crippen LogP contribution in [0, 0.1) is 11.6 Å². The normalized spacial score (nSPS) is 9.93. The minimum absolute atomic E-state index is 0. The molecule has 0 bridgehead atoms. The first kappa shape index (κ1) is 11.3. The fourth-order valence-corrected chi connectivity index (χ4v) is 1.59. The lowest BCUT2D eigenvalue weighted by molar-refractivity contribution is 0.100. The molecule has 6 N–H and O–H groups in total. The number of amides is 1. The summed E-state index contributed by atoms with van der Waals surface area (Å²) in [5.41, 5.74) is 6.76. The molecule has 80 valence electrons. The van der Waals surface area contributed by atoms with E-state index in [0.717, 1.165) is 5.69 Å². The van der Waals surface area contributed by atoms with Gasteiger partial charge in [-0.2, -0.15) is 0 Å². The number of hydrogen-bond acceptors (Lipinski definition) is 4. The Bertz CT molecular complexity index is 570. The zero-order valence-corrected chi connectivity index (χ0v) is 8.97. The molecule has 2 aromatic rings. The maximum atomic E-state index is 11.0. The summed E-state index contributed by atoms with van der Waals surface area (Å²) in [7, 11) is 0. The predicted molar refractivity (Wildman–Crippen MR) is 58.7 cm³/mol. The van der Waals surface area contributed by atoms with E-state index in [1.807, 2.05) is 6.92 Å². The average Bonchev–Trinajstić information content (AvgIpc) is 2.47. The summed E-state index contributed by atoms with van der Waals surface area (Å²) in [4.78, 5) is 15.2. The molecule has 0 radical (unpaired) electrons. The fourth-order valence-electron chi connectivity index (χ4n) is 1.28. The number of aromatic amines is 1. The molecule has 0 saturated heterocycles. The Labute approximate surface area is 90.7 Å². The van der Waals surface area contributed by atoms with Crippen molar-refractivity contribution < 1.29 is 4.79 Å². The topological polar surface area (TPSA) is 111 Å². The number of carbonyl (C=O) groups is 1. The Morgan fingerprint density at radius 1 is 1.67 bits per heavy atom. The minimum atomic E-state index is -0.517. The number of rotatable bonds is 1. The molecule has 15 heavy (non-hydrogen) atoms. The summed E-state index contributed by atoms with van der Waals surface area (Å²) < 4.78 is 2.11. The summed E-state index contributed by atoms with van der Waals surface area (Å²) >= 11 is 5.08. The number of nitrogens with two attached hydrogens (primary N) is 1. The van der Waals surface area contributed by atoms with Crippen molar-refractivity contribution in [3.05, 3.63) is 28.2 Å². The SMILES string of the molecule is Cc1cc(=S)n2[nH]cc(C(N)=O)c2n1.N. The third-order valence-electron chi connectivity index (χ3n) is 1.89. The summed E-state index contributed by atoms with van der Waals surface area (Å²) in [6.07, 6.45) is 1.50. The Morgan fingerprint density at radius 3 is 2.93 bits per heavy atom. The molecule has 2 heterocycles. The van der Waals surface area contributed by atoms with Crippen LogP contribution in [0.3, 0.4) is 0 Å². The van der Waals surface area contributed by atoms with Crippen molar-refractivity contribution in [3.8, 4) is 0 Å². The van der Waals surface area contributed by atoms with Crippen molar-refractivity contribution in [2.45, 2.75) is 6.92 Å². The van der Waals surface area contributed by atoms with Gasteiger partial charge in [0.25, 0.3) is 5.91 Å². The second-order valence-corrected chi connectivity index (χ2v) is 3.36. The summed E-state index contributed by atoms with van der Waals surface area (Å²) in [5, 5.41) is 2.81. The number of hydrogen-bond donors (Lipinski definition) is 3. The van der Waals surface area contributed by atoms with E-state index >= 15 is 0 Å². The summed E-state index contributed by atoms with van der Waals surface area (Å²) in [6.45, 7) is 1.81. The van der Waals surface area contributed by atoms with E-state index in [1.54, 1.807) is 10.6 Å². The Hall–Kier alpha value is -1.73. The number of nitrogens with one attached hydrogen (secondary N) is 1. The molecule has 0 fully saturated rings. The highest BCUT2D eigenvalue weighted by Crippen LogP contribution is 2.08. The molecule has 0 aliphatic rings. The van der Waals surface area contributed by atoms with Crippen molar-refractivity contribution >= 4 is 23.8 Å². The van der Waals surface area contributed by atoms with Gasteiger partial charge < -0.3 is 11.9 Å². The lowest BCUT2D eigenvalue weighted by Gasteiger charge is -1.96. The van der Waals surface area contributed by atoms with Crippen LogP contribution >= 0.6 is 12.2 Å². The van der Waals surface area contributed by atoms with Gasteiger partial charge in [-0.05, 0) is 13.0 Å². The van der Waals surface area contributed by atoms with Crippen LogP contribution < -0.4 is 11.9 Å². The van der Waals surface area contributed by atoms with E-state index in [4.69, 9.17) is 18.0 Å². The van der Waals surface area contributed by atoms with Crippen LogP contribution in [-0.4, -0.2) is 20.5 Å². The van der Waals surface area contributed by atoms with Gasteiger partial charge in [0.2, 0.25) is 0 Å². The number of fused-ring (bicyclic) bond motifs is 1. The van der Waals surface area contributed by atoms with Crippen LogP contribution in [0.25, 0.3) is 5.65 Å². The van der Waals surface area contributed by atoms with Gasteiger partial charge in [0.05, 0.1) is 0 Å². The molecule has 0 aliphatic carbocycles. The molecule has 1 amide bonds. The van der Waals surface area contributed by atoms with Gasteiger partial charge in [-0.3, -0.25) is 9.89 Å². The maximum absolute atomic E-state index is 11.0. The van der Waals surface area contributed by atoms with Gasteiger partial charge in [-0.1, -0.05) is 12.2 Å². The first-order chi connectivity index (χ1) is 6.59. The molecule has 2 aromatic heterocycles. The quantitative estimate of drug-likeness (QED) is 0.627. The smallest absolute Gasteiger partial charge is 0.254 e. The molecule has 0 aliphatic heterocycles. The first-order valence-corrected chi connectivity index (χ1v) is 4.38. The second kappa shape index (κ2) is 3.79. The van der Waals surface area contributed by atoms with E-state index < -0.39 is 5.91 Å². The van der Waals surface area contributed by atoms with Crippen molar-refractivity contribution in [2.75, 3.05) is 0 Å². The summed E-state index contributed by atoms with van der Waals surface area (Å²) in [5.74, 6) is -0.517. The highest BCUT2D eigenvalue weighted by atomic mass is 32.1. The fraction of sp³-hybridized carbons (Fsp3) is 0.125. The third-order valence-corrected chi connectivity index (χ3v) is 2.19. The molecule has 0 unspecified atom stereocenters. The Morgan fingerprint density at radius 2 is 2.33 bits per heavy atom. The number of aromatic nitrogens is 3. The Kier molecular flexibility index (Phi) is 2.87. The molecule has 0 aromatic carbocycles. The van der Waals surface area contributed by atoms with Crippen LogP contribution in [0.2, 0.25) is 0 Å². The van der Waals surface area contributed by atoms with Crippen molar-refractivity contribution in [1.29, 1.82) is 0 Å². The van der Waals surface area contributed by atoms with Crippen molar-refractivity contribution in [2.24, 2.45) is 5.73 Å². The van der Waals surface area contributed by atoms with Crippen molar-refractivity contribution in [3.63, 3.8) is 0 Å². The van der Waals surface area contributed by atoms with Crippen LogP contribution in [-0.2, 0) is 0 Å². The van der Waals surface area contributed by atoms with Crippen LogP contribution in [0.1, 0.15) is 16.1 Å². The number of H-pyrrole nitrogens is 1. The minimum Gasteiger partial charge on any atom is -0.365 e. The molecule has 0 atom stereocenters. The second-order valence-electron chi connectivity index (χ2n) is 2.95. The van der Waals surface area contributed by atoms with Gasteiger partial charge in [0.1, 0.15) is 10.2 Å². The van der Waals surface area contributed by atoms with Gasteiger partial charge >= 0.3 is 0 Å². The molecule has 7 heteroatoms. The van der Waals surface area contributed by atoms with Crippen LogP contribution in [0.5, 0.6) is 0 Å². The zero-order valence-electron chi connectivity index (χ0n) is 8.15. The first-order valence-electron chi connectivity index (χ1n) is 3.97. The van der Waals surface area contributed by atoms with Crippen LogP contribution in [0.4, 0.5) is 0 Å². The van der Waals surface area contributed by atoms with Gasteiger partial charge in [-0.25, -0.2) is 9.50 Å².